The lowest BCUT2D eigenvalue weighted by molar-refractivity contribution is -0.122. The quantitative estimate of drug-likeness (QED) is 0.242. The number of nitrogens with zero attached hydrogens (tertiary/aromatic N) is 2. The number of furan rings is 1. The van der Waals surface area contributed by atoms with E-state index in [1.807, 2.05) is 66.7 Å². The summed E-state index contributed by atoms with van der Waals surface area (Å²) in [5, 5.41) is 1.59. The van der Waals surface area contributed by atoms with E-state index in [0.717, 1.165) is 17.7 Å². The lowest BCUT2D eigenvalue weighted by atomic mass is 10.1. The maximum atomic E-state index is 13.4. The van der Waals surface area contributed by atoms with E-state index in [1.165, 1.54) is 17.3 Å². The minimum atomic E-state index is -0.0897. The predicted octanol–water partition coefficient (Wildman–Crippen LogP) is 8.10. The fourth-order valence-electron chi connectivity index (χ4n) is 3.65. The molecule has 0 N–H and O–H groups in total. The van der Waals surface area contributed by atoms with Crippen molar-refractivity contribution in [2.24, 2.45) is 4.99 Å². The molecule has 0 spiro atoms. The third-order valence-electron chi connectivity index (χ3n) is 5.44. The van der Waals surface area contributed by atoms with Crippen molar-refractivity contribution in [3.8, 4) is 11.3 Å². The van der Waals surface area contributed by atoms with Crippen LogP contribution in [0, 0.1) is 0 Å². The summed E-state index contributed by atoms with van der Waals surface area (Å²) in [6.45, 7) is 0.533. The number of aliphatic imine (C=N–C) groups is 1. The van der Waals surface area contributed by atoms with Gasteiger partial charge < -0.3 is 4.42 Å². The highest BCUT2D eigenvalue weighted by Crippen LogP contribution is 2.36. The van der Waals surface area contributed by atoms with Crippen molar-refractivity contribution in [3.63, 3.8) is 0 Å². The van der Waals surface area contributed by atoms with Gasteiger partial charge in [0.15, 0.2) is 5.17 Å². The average molecular weight is 519 g/mol. The van der Waals surface area contributed by atoms with Crippen molar-refractivity contribution in [2.45, 2.75) is 6.42 Å². The van der Waals surface area contributed by atoms with E-state index in [0.29, 0.717) is 38.2 Å². The first-order chi connectivity index (χ1) is 17.1. The number of carbonyl (C=O) groups excluding carboxylic acids is 1. The molecule has 4 nitrogen and oxygen atoms in total. The van der Waals surface area contributed by atoms with Crippen LogP contribution in [0.4, 0.5) is 5.69 Å². The third kappa shape index (κ3) is 5.54. The van der Waals surface area contributed by atoms with Crippen molar-refractivity contribution in [2.75, 3.05) is 6.54 Å². The molecule has 1 amide bonds. The van der Waals surface area contributed by atoms with Gasteiger partial charge in [-0.15, -0.1) is 0 Å². The Hall–Kier alpha value is -3.25. The van der Waals surface area contributed by atoms with Crippen LogP contribution in [-0.2, 0) is 11.2 Å². The highest BCUT2D eigenvalue weighted by Gasteiger charge is 2.33. The van der Waals surface area contributed by atoms with E-state index in [-0.39, 0.29) is 5.91 Å². The minimum absolute atomic E-state index is 0.0897. The molecule has 1 aromatic heterocycles. The average Bonchev–Trinajstić information content (AvgIpc) is 3.45. The third-order valence-corrected chi connectivity index (χ3v) is 7.19. The molecule has 35 heavy (non-hydrogen) atoms. The molecule has 4 aromatic rings. The van der Waals surface area contributed by atoms with Gasteiger partial charge in [0.2, 0.25) is 0 Å². The molecule has 7 heteroatoms. The summed E-state index contributed by atoms with van der Waals surface area (Å²) in [5.41, 5.74) is 2.78. The molecule has 174 valence electrons. The zero-order valence-corrected chi connectivity index (χ0v) is 20.9. The maximum Gasteiger partial charge on any atom is 0.266 e. The van der Waals surface area contributed by atoms with Crippen LogP contribution in [0.25, 0.3) is 17.4 Å². The van der Waals surface area contributed by atoms with Crippen LogP contribution < -0.4 is 0 Å². The van der Waals surface area contributed by atoms with Crippen molar-refractivity contribution in [1.82, 2.24) is 4.90 Å². The Kier molecular flexibility index (Phi) is 7.09. The van der Waals surface area contributed by atoms with Crippen LogP contribution in [0.2, 0.25) is 10.0 Å². The summed E-state index contributed by atoms with van der Waals surface area (Å²) in [4.78, 5) is 20.4. The van der Waals surface area contributed by atoms with Crippen LogP contribution in [-0.4, -0.2) is 22.5 Å². The van der Waals surface area contributed by atoms with Gasteiger partial charge in [-0.05, 0) is 66.2 Å². The zero-order chi connectivity index (χ0) is 24.2. The SMILES string of the molecule is O=C1/C(=C\c2ccc(-c3ccc(Cl)c(Cl)c3)o2)SC(=Nc2ccccc2)N1CCc1ccccc1. The Morgan fingerprint density at radius 3 is 2.37 bits per heavy atom. The van der Waals surface area contributed by atoms with Crippen molar-refractivity contribution in [3.05, 3.63) is 117 Å². The molecule has 0 aliphatic carbocycles. The number of amides is 1. The van der Waals surface area contributed by atoms with Gasteiger partial charge in [-0.25, -0.2) is 4.99 Å². The Morgan fingerprint density at radius 2 is 1.63 bits per heavy atom. The number of carbonyl (C=O) groups is 1. The highest BCUT2D eigenvalue weighted by atomic mass is 35.5. The Morgan fingerprint density at radius 1 is 0.886 bits per heavy atom. The van der Waals surface area contributed by atoms with E-state index in [1.54, 1.807) is 23.1 Å². The van der Waals surface area contributed by atoms with E-state index >= 15 is 0 Å². The molecule has 2 heterocycles. The van der Waals surface area contributed by atoms with Gasteiger partial charge in [0, 0.05) is 18.2 Å². The number of hydrogen-bond acceptors (Lipinski definition) is 4. The standard InChI is InChI=1S/C28H20Cl2N2O2S/c29-23-13-11-20(17-24(23)30)25-14-12-22(34-25)18-26-27(33)32(16-15-19-7-3-1-4-8-19)28(35-26)31-21-9-5-2-6-10-21/h1-14,17-18H,15-16H2/b26-18+,31-28?. The fourth-order valence-corrected chi connectivity index (χ4v) is 4.95. The molecular formula is C28H20Cl2N2O2S. The van der Waals surface area contributed by atoms with Crippen LogP contribution >= 0.6 is 35.0 Å². The molecule has 1 fully saturated rings. The van der Waals surface area contributed by atoms with Gasteiger partial charge in [0.25, 0.3) is 5.91 Å². The van der Waals surface area contributed by atoms with Gasteiger partial charge in [-0.3, -0.25) is 9.69 Å². The summed E-state index contributed by atoms with van der Waals surface area (Å²) in [5.74, 6) is 1.13. The second-order valence-corrected chi connectivity index (χ2v) is 9.69. The first kappa shape index (κ1) is 23.5. The van der Waals surface area contributed by atoms with Crippen molar-refractivity contribution in [1.29, 1.82) is 0 Å². The summed E-state index contributed by atoms with van der Waals surface area (Å²) in [6, 6.07) is 28.8. The largest absolute Gasteiger partial charge is 0.457 e. The van der Waals surface area contributed by atoms with Crippen LogP contribution in [0.5, 0.6) is 0 Å². The molecule has 0 unspecified atom stereocenters. The van der Waals surface area contributed by atoms with E-state index in [2.05, 4.69) is 12.1 Å². The first-order valence-corrected chi connectivity index (χ1v) is 12.6. The second-order valence-electron chi connectivity index (χ2n) is 7.86. The van der Waals surface area contributed by atoms with Crippen LogP contribution in [0.3, 0.4) is 0 Å². The maximum absolute atomic E-state index is 13.4. The van der Waals surface area contributed by atoms with E-state index < -0.39 is 0 Å². The topological polar surface area (TPSA) is 45.8 Å². The van der Waals surface area contributed by atoms with Crippen LogP contribution in [0.1, 0.15) is 11.3 Å². The predicted molar refractivity (Wildman–Crippen MR) is 145 cm³/mol. The lowest BCUT2D eigenvalue weighted by Crippen LogP contribution is -2.31. The smallest absolute Gasteiger partial charge is 0.266 e. The second kappa shape index (κ2) is 10.6. The molecule has 1 aliphatic heterocycles. The molecule has 5 rings (SSSR count). The van der Waals surface area contributed by atoms with Crippen LogP contribution in [0.15, 0.2) is 105 Å². The minimum Gasteiger partial charge on any atom is -0.457 e. The van der Waals surface area contributed by atoms with Crippen molar-refractivity contribution >= 4 is 57.8 Å². The van der Waals surface area contributed by atoms with E-state index in [4.69, 9.17) is 32.6 Å². The summed E-state index contributed by atoms with van der Waals surface area (Å²) >= 11 is 13.5. The summed E-state index contributed by atoms with van der Waals surface area (Å²) in [7, 11) is 0. The molecule has 0 saturated carbocycles. The number of amidine groups is 1. The van der Waals surface area contributed by atoms with Crippen molar-refractivity contribution < 1.29 is 9.21 Å². The fraction of sp³-hybridized carbons (Fsp3) is 0.0714. The molecule has 1 aliphatic rings. The number of thioether (sulfide) groups is 1. The van der Waals surface area contributed by atoms with Gasteiger partial charge in [-0.2, -0.15) is 0 Å². The zero-order valence-electron chi connectivity index (χ0n) is 18.5. The molecular weight excluding hydrogens is 499 g/mol. The molecule has 0 radical (unpaired) electrons. The van der Waals surface area contributed by atoms with E-state index in [9.17, 15) is 4.79 Å². The number of halogens is 2. The lowest BCUT2D eigenvalue weighted by Gasteiger charge is -2.15. The van der Waals surface area contributed by atoms with Gasteiger partial charge in [0.1, 0.15) is 11.5 Å². The molecule has 3 aromatic carbocycles. The first-order valence-electron chi connectivity index (χ1n) is 11.0. The Labute approximate surface area is 217 Å². The number of rotatable bonds is 6. The molecule has 0 atom stereocenters. The summed E-state index contributed by atoms with van der Waals surface area (Å²) in [6.07, 6.45) is 2.49. The molecule has 0 bridgehead atoms. The summed E-state index contributed by atoms with van der Waals surface area (Å²) < 4.78 is 5.99. The van der Waals surface area contributed by atoms with Gasteiger partial charge in [-0.1, -0.05) is 71.7 Å². The Balaban J connectivity index is 1.42. The molecule has 1 saturated heterocycles. The normalized spacial score (nSPS) is 15.9. The highest BCUT2D eigenvalue weighted by molar-refractivity contribution is 8.18. The number of benzene rings is 3. The number of para-hydroxylation sites is 1. The van der Waals surface area contributed by atoms with Gasteiger partial charge in [0.05, 0.1) is 20.6 Å². The monoisotopic (exact) mass is 518 g/mol. The number of hydrogen-bond donors (Lipinski definition) is 0. The van der Waals surface area contributed by atoms with Gasteiger partial charge >= 0.3 is 0 Å². The Bertz CT molecular complexity index is 1420.